The maximum absolute atomic E-state index is 13.5. The minimum atomic E-state index is -0.602. The van der Waals surface area contributed by atoms with E-state index in [-0.39, 0.29) is 17.3 Å². The summed E-state index contributed by atoms with van der Waals surface area (Å²) >= 11 is 6.57. The third-order valence-electron chi connectivity index (χ3n) is 7.89. The first-order valence-corrected chi connectivity index (χ1v) is 13.3. The number of aryl methyl sites for hydroxylation is 1. The van der Waals surface area contributed by atoms with E-state index in [1.54, 1.807) is 39.7 Å². The number of hydrogen-bond acceptors (Lipinski definition) is 4. The Hall–Kier alpha value is -3.23. The standard InChI is InChI=1S/C29H32ClFN4O3/c1-29(2)16-32-17-35(29)28(38)26(36)23-15-33(3)25-14-24(30)22(13-21(23)25)27(37)34-10-8-19(9-11-34)12-18-4-6-20(31)7-5-18/h4-7,13-15,19,32H,8-12,16-17H2,1-3H3. The second-order valence-corrected chi connectivity index (χ2v) is 11.4. The zero-order valence-corrected chi connectivity index (χ0v) is 22.6. The first kappa shape index (κ1) is 26.4. The van der Waals surface area contributed by atoms with Gasteiger partial charge in [0.05, 0.1) is 33.9 Å². The van der Waals surface area contributed by atoms with Crippen LogP contribution >= 0.6 is 11.6 Å². The Morgan fingerprint density at radius 3 is 2.39 bits per heavy atom. The molecule has 2 aliphatic rings. The number of aromatic nitrogens is 1. The molecule has 2 amide bonds. The zero-order chi connectivity index (χ0) is 27.2. The van der Waals surface area contributed by atoms with E-state index in [0.29, 0.717) is 53.7 Å². The van der Waals surface area contributed by atoms with Crippen molar-refractivity contribution in [3.05, 3.63) is 70.1 Å². The number of likely N-dealkylation sites (tertiary alicyclic amines) is 1. The van der Waals surface area contributed by atoms with Gasteiger partial charge < -0.3 is 14.4 Å². The Labute approximate surface area is 226 Å². The lowest BCUT2D eigenvalue weighted by molar-refractivity contribution is -0.129. The molecule has 7 nitrogen and oxygen atoms in total. The summed E-state index contributed by atoms with van der Waals surface area (Å²) in [6.45, 7) is 5.94. The molecule has 0 aliphatic carbocycles. The Kier molecular flexibility index (Phi) is 7.05. The Morgan fingerprint density at radius 2 is 1.76 bits per heavy atom. The Bertz CT molecular complexity index is 1410. The Morgan fingerprint density at radius 1 is 1.08 bits per heavy atom. The van der Waals surface area contributed by atoms with Crippen molar-refractivity contribution in [3.63, 3.8) is 0 Å². The molecular formula is C29H32ClFN4O3. The lowest BCUT2D eigenvalue weighted by Gasteiger charge is -2.32. The number of nitrogens with zero attached hydrogens (tertiary/aromatic N) is 3. The molecule has 2 aliphatic heterocycles. The van der Waals surface area contributed by atoms with Gasteiger partial charge in [-0.1, -0.05) is 23.7 Å². The highest BCUT2D eigenvalue weighted by Crippen LogP contribution is 2.31. The summed E-state index contributed by atoms with van der Waals surface area (Å²) < 4.78 is 15.0. The Balaban J connectivity index is 1.34. The van der Waals surface area contributed by atoms with Gasteiger partial charge in [0.2, 0.25) is 0 Å². The number of benzene rings is 2. The number of carbonyl (C=O) groups excluding carboxylic acids is 3. The van der Waals surface area contributed by atoms with Crippen LogP contribution in [0.1, 0.15) is 53.0 Å². The van der Waals surface area contributed by atoms with Gasteiger partial charge in [-0.3, -0.25) is 19.7 Å². The number of piperidine rings is 1. The van der Waals surface area contributed by atoms with Crippen molar-refractivity contribution in [1.82, 2.24) is 19.7 Å². The smallest absolute Gasteiger partial charge is 0.296 e. The summed E-state index contributed by atoms with van der Waals surface area (Å²) in [5, 5.41) is 3.99. The van der Waals surface area contributed by atoms with Crippen LogP contribution in [0, 0.1) is 11.7 Å². The predicted octanol–water partition coefficient (Wildman–Crippen LogP) is 4.42. The molecule has 9 heteroatoms. The van der Waals surface area contributed by atoms with E-state index >= 15 is 0 Å². The molecule has 5 rings (SSSR count). The fourth-order valence-electron chi connectivity index (χ4n) is 5.58. The van der Waals surface area contributed by atoms with Gasteiger partial charge in [0.15, 0.2) is 0 Å². The van der Waals surface area contributed by atoms with Gasteiger partial charge in [0.1, 0.15) is 5.82 Å². The fourth-order valence-corrected chi connectivity index (χ4v) is 5.82. The molecule has 2 fully saturated rings. The summed E-state index contributed by atoms with van der Waals surface area (Å²) in [5.41, 5.74) is 1.89. The van der Waals surface area contributed by atoms with Crippen LogP contribution in [0.15, 0.2) is 42.6 Å². The number of carbonyl (C=O) groups is 3. The minimum Gasteiger partial charge on any atom is -0.350 e. The van der Waals surface area contributed by atoms with Crippen LogP contribution in [-0.2, 0) is 18.3 Å². The van der Waals surface area contributed by atoms with E-state index in [4.69, 9.17) is 11.6 Å². The van der Waals surface area contributed by atoms with Crippen LogP contribution in [0.3, 0.4) is 0 Å². The average Bonchev–Trinajstić information content (AvgIpc) is 3.42. The normalized spacial score (nSPS) is 17.8. The van der Waals surface area contributed by atoms with Crippen LogP contribution in [-0.4, -0.2) is 63.8 Å². The van der Waals surface area contributed by atoms with Gasteiger partial charge in [0.25, 0.3) is 17.6 Å². The van der Waals surface area contributed by atoms with Crippen molar-refractivity contribution in [2.45, 2.75) is 38.6 Å². The monoisotopic (exact) mass is 538 g/mol. The summed E-state index contributed by atoms with van der Waals surface area (Å²) in [6.07, 6.45) is 4.16. The van der Waals surface area contributed by atoms with Gasteiger partial charge in [0, 0.05) is 38.3 Å². The van der Waals surface area contributed by atoms with Crippen molar-refractivity contribution in [1.29, 1.82) is 0 Å². The first-order chi connectivity index (χ1) is 18.0. The van der Waals surface area contributed by atoms with Gasteiger partial charge in [-0.2, -0.15) is 0 Å². The number of nitrogens with one attached hydrogen (secondary N) is 1. The number of Topliss-reactive ketones (excluding diaryl/α,β-unsaturated/α-hetero) is 1. The van der Waals surface area contributed by atoms with E-state index in [1.165, 1.54) is 12.1 Å². The molecule has 3 heterocycles. The topological polar surface area (TPSA) is 74.6 Å². The molecule has 0 atom stereocenters. The van der Waals surface area contributed by atoms with E-state index < -0.39 is 17.2 Å². The molecule has 0 unspecified atom stereocenters. The van der Waals surface area contributed by atoms with Gasteiger partial charge >= 0.3 is 0 Å². The van der Waals surface area contributed by atoms with Crippen LogP contribution < -0.4 is 5.32 Å². The second-order valence-electron chi connectivity index (χ2n) is 11.0. The van der Waals surface area contributed by atoms with Crippen molar-refractivity contribution in [3.8, 4) is 0 Å². The van der Waals surface area contributed by atoms with Crippen molar-refractivity contribution < 1.29 is 18.8 Å². The second kappa shape index (κ2) is 10.2. The molecule has 3 aromatic rings. The summed E-state index contributed by atoms with van der Waals surface area (Å²) in [4.78, 5) is 43.3. The fraction of sp³-hybridized carbons (Fsp3) is 0.414. The van der Waals surface area contributed by atoms with Crippen LogP contribution in [0.2, 0.25) is 5.02 Å². The van der Waals surface area contributed by atoms with E-state index in [9.17, 15) is 18.8 Å². The molecule has 1 N–H and O–H groups in total. The maximum atomic E-state index is 13.5. The van der Waals surface area contributed by atoms with Crippen molar-refractivity contribution in [2.75, 3.05) is 26.3 Å². The van der Waals surface area contributed by atoms with Crippen LogP contribution in [0.25, 0.3) is 10.9 Å². The quantitative estimate of drug-likeness (QED) is 0.385. The summed E-state index contributed by atoms with van der Waals surface area (Å²) in [6, 6.07) is 9.92. The highest BCUT2D eigenvalue weighted by molar-refractivity contribution is 6.45. The highest BCUT2D eigenvalue weighted by atomic mass is 35.5. The molecular weight excluding hydrogens is 507 g/mol. The first-order valence-electron chi connectivity index (χ1n) is 12.9. The van der Waals surface area contributed by atoms with E-state index in [1.807, 2.05) is 26.0 Å². The number of fused-ring (bicyclic) bond motifs is 1. The molecule has 1 aromatic heterocycles. The number of halogens is 2. The van der Waals surface area contributed by atoms with E-state index in [2.05, 4.69) is 5.32 Å². The van der Waals surface area contributed by atoms with Gasteiger partial charge in [-0.05, 0) is 68.9 Å². The number of ketones is 1. The molecule has 0 bridgehead atoms. The molecule has 0 spiro atoms. The molecule has 0 radical (unpaired) electrons. The molecule has 2 saturated heterocycles. The largest absolute Gasteiger partial charge is 0.350 e. The summed E-state index contributed by atoms with van der Waals surface area (Å²) in [5.74, 6) is -1.19. The summed E-state index contributed by atoms with van der Waals surface area (Å²) in [7, 11) is 1.79. The maximum Gasteiger partial charge on any atom is 0.296 e. The number of amides is 2. The van der Waals surface area contributed by atoms with Crippen molar-refractivity contribution in [2.24, 2.45) is 13.0 Å². The van der Waals surface area contributed by atoms with Crippen LogP contribution in [0.4, 0.5) is 4.39 Å². The molecule has 2 aromatic carbocycles. The van der Waals surface area contributed by atoms with E-state index in [0.717, 1.165) is 24.8 Å². The highest BCUT2D eigenvalue weighted by Gasteiger charge is 2.39. The predicted molar refractivity (Wildman–Crippen MR) is 145 cm³/mol. The zero-order valence-electron chi connectivity index (χ0n) is 21.9. The molecule has 0 saturated carbocycles. The van der Waals surface area contributed by atoms with Gasteiger partial charge in [-0.25, -0.2) is 4.39 Å². The van der Waals surface area contributed by atoms with Crippen molar-refractivity contribution >= 4 is 40.1 Å². The van der Waals surface area contributed by atoms with Gasteiger partial charge in [-0.15, -0.1) is 0 Å². The SMILES string of the molecule is Cn1cc(C(=O)C(=O)N2CNCC2(C)C)c2cc(C(=O)N3CCC(Cc4ccc(F)cc4)CC3)c(Cl)cc21. The average molecular weight is 539 g/mol. The lowest BCUT2D eigenvalue weighted by atomic mass is 9.90. The number of hydrogen-bond donors (Lipinski definition) is 1. The molecule has 200 valence electrons. The minimum absolute atomic E-state index is 0.185. The number of rotatable bonds is 5. The molecule has 38 heavy (non-hydrogen) atoms. The lowest BCUT2D eigenvalue weighted by Crippen LogP contribution is -2.47. The van der Waals surface area contributed by atoms with Crippen LogP contribution in [0.5, 0.6) is 0 Å². The third-order valence-corrected chi connectivity index (χ3v) is 8.20. The third kappa shape index (κ3) is 4.95.